The van der Waals surface area contributed by atoms with E-state index in [0.717, 1.165) is 0 Å². The van der Waals surface area contributed by atoms with Crippen molar-refractivity contribution in [3.05, 3.63) is 35.9 Å². The van der Waals surface area contributed by atoms with Gasteiger partial charge in [0.05, 0.1) is 29.9 Å². The number of nitrogens with zero attached hydrogens (tertiary/aromatic N) is 1. The summed E-state index contributed by atoms with van der Waals surface area (Å²) in [4.78, 5) is 11.7. The van der Waals surface area contributed by atoms with Crippen LogP contribution in [0.1, 0.15) is 36.5 Å². The molecule has 0 unspecified atom stereocenters. The molecule has 1 rings (SSSR count). The fraction of sp³-hybridized carbons (Fsp3) is 0.500. The first kappa shape index (κ1) is 18.2. The van der Waals surface area contributed by atoms with Gasteiger partial charge in [-0.05, 0) is 31.4 Å². The minimum atomic E-state index is -3.13. The Hall–Kier alpha value is -1.87. The van der Waals surface area contributed by atoms with E-state index in [2.05, 4.69) is 0 Å². The fourth-order valence-electron chi connectivity index (χ4n) is 1.92. The van der Waals surface area contributed by atoms with Crippen LogP contribution in [-0.2, 0) is 14.6 Å². The molecule has 120 valence electrons. The maximum absolute atomic E-state index is 11.7. The van der Waals surface area contributed by atoms with E-state index in [-0.39, 0.29) is 24.1 Å². The number of rotatable bonds is 9. The number of benzene rings is 1. The lowest BCUT2D eigenvalue weighted by Crippen LogP contribution is -2.17. The Balaban J connectivity index is 2.25. The highest BCUT2D eigenvalue weighted by Crippen LogP contribution is 2.11. The van der Waals surface area contributed by atoms with Gasteiger partial charge in [0.15, 0.2) is 9.84 Å². The van der Waals surface area contributed by atoms with E-state index in [1.807, 2.05) is 12.1 Å². The van der Waals surface area contributed by atoms with Crippen LogP contribution in [-0.4, -0.2) is 32.5 Å². The quantitative estimate of drug-likeness (QED) is 0.515. The van der Waals surface area contributed by atoms with Crippen LogP contribution in [0.15, 0.2) is 30.3 Å². The molecule has 6 heteroatoms. The summed E-state index contributed by atoms with van der Waals surface area (Å²) in [6.07, 6.45) is 1.76. The molecule has 0 saturated heterocycles. The van der Waals surface area contributed by atoms with Crippen molar-refractivity contribution in [1.29, 1.82) is 5.26 Å². The third kappa shape index (κ3) is 6.72. The molecule has 0 fully saturated rings. The summed E-state index contributed by atoms with van der Waals surface area (Å²) < 4.78 is 28.1. The molecule has 0 spiro atoms. The minimum Gasteiger partial charge on any atom is -0.462 e. The first-order valence-corrected chi connectivity index (χ1v) is 9.13. The molecule has 0 heterocycles. The molecule has 0 radical (unpaired) electrons. The number of hydrogen-bond donors (Lipinski definition) is 0. The van der Waals surface area contributed by atoms with Gasteiger partial charge in [-0.2, -0.15) is 5.26 Å². The summed E-state index contributed by atoms with van der Waals surface area (Å²) in [7, 11) is -3.13. The van der Waals surface area contributed by atoms with Crippen LogP contribution in [0.25, 0.3) is 0 Å². The SMILES string of the molecule is CCS(=O)(=O)C[C@H](C#N)CCCCOC(=O)c1ccccc1. The lowest BCUT2D eigenvalue weighted by atomic mass is 10.1. The van der Waals surface area contributed by atoms with E-state index in [0.29, 0.717) is 24.8 Å². The number of nitriles is 1. The molecule has 1 atom stereocenters. The molecule has 22 heavy (non-hydrogen) atoms. The number of sulfone groups is 1. The van der Waals surface area contributed by atoms with Crippen molar-refractivity contribution < 1.29 is 17.9 Å². The maximum Gasteiger partial charge on any atom is 0.338 e. The van der Waals surface area contributed by atoms with E-state index in [9.17, 15) is 13.2 Å². The highest BCUT2D eigenvalue weighted by molar-refractivity contribution is 7.91. The predicted molar refractivity (Wildman–Crippen MR) is 84.0 cm³/mol. The first-order valence-electron chi connectivity index (χ1n) is 7.30. The van der Waals surface area contributed by atoms with E-state index in [1.54, 1.807) is 31.2 Å². The van der Waals surface area contributed by atoms with E-state index in [1.165, 1.54) is 0 Å². The lowest BCUT2D eigenvalue weighted by molar-refractivity contribution is 0.0497. The van der Waals surface area contributed by atoms with Gasteiger partial charge in [0.1, 0.15) is 0 Å². The van der Waals surface area contributed by atoms with Crippen LogP contribution in [0, 0.1) is 17.2 Å². The second kappa shape index (κ2) is 9.21. The van der Waals surface area contributed by atoms with Gasteiger partial charge in [-0.1, -0.05) is 25.1 Å². The average Bonchev–Trinajstić information content (AvgIpc) is 2.54. The molecular formula is C16H21NO4S. The Labute approximate surface area is 131 Å². The van der Waals surface area contributed by atoms with Crippen LogP contribution in [0.3, 0.4) is 0 Å². The van der Waals surface area contributed by atoms with Crippen molar-refractivity contribution in [2.24, 2.45) is 5.92 Å². The highest BCUT2D eigenvalue weighted by Gasteiger charge is 2.17. The zero-order chi connectivity index (χ0) is 16.4. The number of carbonyl (C=O) groups is 1. The zero-order valence-corrected chi connectivity index (χ0v) is 13.5. The predicted octanol–water partition coefficient (Wildman–Crippen LogP) is 2.59. The number of ether oxygens (including phenoxy) is 1. The third-order valence-corrected chi connectivity index (χ3v) is 5.06. The fourth-order valence-corrected chi connectivity index (χ4v) is 3.01. The number of hydrogen-bond acceptors (Lipinski definition) is 5. The van der Waals surface area contributed by atoms with Crippen LogP contribution in [0.4, 0.5) is 0 Å². The van der Waals surface area contributed by atoms with E-state index in [4.69, 9.17) is 10.00 Å². The molecule has 0 bridgehead atoms. The van der Waals surface area contributed by atoms with E-state index >= 15 is 0 Å². The Bertz CT molecular complexity index is 605. The lowest BCUT2D eigenvalue weighted by Gasteiger charge is -2.09. The Morgan fingerprint density at radius 3 is 2.55 bits per heavy atom. The standard InChI is InChI=1S/C16H21NO4S/c1-2-22(19,20)13-14(12-17)8-6-7-11-21-16(18)15-9-4-3-5-10-15/h3-5,9-10,14H,2,6-8,11,13H2,1H3/t14-/m0/s1. The number of unbranched alkanes of at least 4 members (excludes halogenated alkanes) is 1. The zero-order valence-electron chi connectivity index (χ0n) is 12.7. The normalized spacial score (nSPS) is 12.4. The second-order valence-electron chi connectivity index (χ2n) is 5.02. The average molecular weight is 323 g/mol. The van der Waals surface area contributed by atoms with Gasteiger partial charge in [-0.15, -0.1) is 0 Å². The van der Waals surface area contributed by atoms with Crippen molar-refractivity contribution in [3.63, 3.8) is 0 Å². The molecule has 0 aliphatic rings. The summed E-state index contributed by atoms with van der Waals surface area (Å²) in [6.45, 7) is 1.85. The summed E-state index contributed by atoms with van der Waals surface area (Å²) in [5, 5.41) is 8.98. The van der Waals surface area contributed by atoms with Gasteiger partial charge in [0, 0.05) is 5.75 Å². The van der Waals surface area contributed by atoms with Crippen LogP contribution >= 0.6 is 0 Å². The number of esters is 1. The molecule has 1 aromatic rings. The van der Waals surface area contributed by atoms with E-state index < -0.39 is 15.8 Å². The summed E-state index contributed by atoms with van der Waals surface area (Å²) in [5.74, 6) is -0.898. The van der Waals surface area contributed by atoms with Gasteiger partial charge in [-0.25, -0.2) is 13.2 Å². The maximum atomic E-state index is 11.7. The number of carbonyl (C=O) groups excluding carboxylic acids is 1. The Morgan fingerprint density at radius 1 is 1.27 bits per heavy atom. The van der Waals surface area contributed by atoms with Crippen molar-refractivity contribution in [3.8, 4) is 6.07 Å². The Morgan fingerprint density at radius 2 is 1.95 bits per heavy atom. The van der Waals surface area contributed by atoms with Crippen molar-refractivity contribution in [1.82, 2.24) is 0 Å². The second-order valence-corrected chi connectivity index (χ2v) is 7.42. The van der Waals surface area contributed by atoms with Gasteiger partial charge >= 0.3 is 5.97 Å². The monoisotopic (exact) mass is 323 g/mol. The smallest absolute Gasteiger partial charge is 0.338 e. The molecule has 0 amide bonds. The molecule has 0 aromatic heterocycles. The third-order valence-electron chi connectivity index (χ3n) is 3.27. The molecular weight excluding hydrogens is 302 g/mol. The van der Waals surface area contributed by atoms with Crippen molar-refractivity contribution >= 4 is 15.8 Å². The molecule has 0 saturated carbocycles. The molecule has 0 aliphatic heterocycles. The summed E-state index contributed by atoms with van der Waals surface area (Å²) in [5.41, 5.74) is 0.506. The Kier molecular flexibility index (Phi) is 7.61. The van der Waals surface area contributed by atoms with Gasteiger partial charge in [0.25, 0.3) is 0 Å². The van der Waals surface area contributed by atoms with Gasteiger partial charge < -0.3 is 4.74 Å². The minimum absolute atomic E-state index is 0.0554. The molecule has 5 nitrogen and oxygen atoms in total. The van der Waals surface area contributed by atoms with Crippen LogP contribution in [0.5, 0.6) is 0 Å². The topological polar surface area (TPSA) is 84.2 Å². The summed E-state index contributed by atoms with van der Waals surface area (Å²) in [6, 6.07) is 10.8. The van der Waals surface area contributed by atoms with Crippen LogP contribution < -0.4 is 0 Å². The molecule has 1 aromatic carbocycles. The molecule has 0 aliphatic carbocycles. The van der Waals surface area contributed by atoms with Crippen LogP contribution in [0.2, 0.25) is 0 Å². The van der Waals surface area contributed by atoms with Crippen molar-refractivity contribution in [2.45, 2.75) is 26.2 Å². The van der Waals surface area contributed by atoms with Gasteiger partial charge in [0.2, 0.25) is 0 Å². The van der Waals surface area contributed by atoms with Crippen molar-refractivity contribution in [2.75, 3.05) is 18.1 Å². The molecule has 0 N–H and O–H groups in total. The first-order chi connectivity index (χ1) is 10.5. The van der Waals surface area contributed by atoms with Gasteiger partial charge in [-0.3, -0.25) is 0 Å². The largest absolute Gasteiger partial charge is 0.462 e. The summed E-state index contributed by atoms with van der Waals surface area (Å²) >= 11 is 0. The highest BCUT2D eigenvalue weighted by atomic mass is 32.2.